The highest BCUT2D eigenvalue weighted by Crippen LogP contribution is 2.34. The first-order valence-electron chi connectivity index (χ1n) is 10.2. The fraction of sp³-hybridized carbons (Fsp3) is 0.318. The van der Waals surface area contributed by atoms with E-state index >= 15 is 0 Å². The molecule has 1 saturated heterocycles. The number of nitrogens with zero attached hydrogens (tertiary/aromatic N) is 2. The highest BCUT2D eigenvalue weighted by Gasteiger charge is 2.43. The Balaban J connectivity index is 1.52. The molecule has 11 heteroatoms. The molecule has 0 aliphatic carbocycles. The first-order chi connectivity index (χ1) is 15.9. The minimum absolute atomic E-state index is 0.0921. The maximum atomic E-state index is 10.6. The van der Waals surface area contributed by atoms with Crippen molar-refractivity contribution in [3.8, 4) is 22.6 Å². The van der Waals surface area contributed by atoms with Gasteiger partial charge in [-0.2, -0.15) is 0 Å². The number of aliphatic hydroxyl groups is 4. The van der Waals surface area contributed by atoms with Gasteiger partial charge in [-0.25, -0.2) is 4.79 Å². The van der Waals surface area contributed by atoms with E-state index in [4.69, 9.17) is 14.3 Å². The van der Waals surface area contributed by atoms with Crippen LogP contribution in [-0.4, -0.2) is 72.8 Å². The lowest BCUT2D eigenvalue weighted by Gasteiger charge is -2.40. The first-order valence-corrected chi connectivity index (χ1v) is 10.2. The summed E-state index contributed by atoms with van der Waals surface area (Å²) in [5.74, 6) is 0.391. The number of carbonyl (C=O) groups is 1. The molecule has 174 valence electrons. The molecular weight excluding hydrogens is 434 g/mol. The monoisotopic (exact) mass is 457 g/mol. The summed E-state index contributed by atoms with van der Waals surface area (Å²) >= 11 is 0. The average Bonchev–Trinajstić information content (AvgIpc) is 3.31. The van der Waals surface area contributed by atoms with Crippen molar-refractivity contribution in [3.63, 3.8) is 0 Å². The molecule has 11 nitrogen and oxygen atoms in total. The molecule has 1 aliphatic rings. The fourth-order valence-electron chi connectivity index (χ4n) is 3.67. The van der Waals surface area contributed by atoms with Crippen molar-refractivity contribution in [2.24, 2.45) is 0 Å². The summed E-state index contributed by atoms with van der Waals surface area (Å²) in [4.78, 5) is 10.6. The zero-order valence-electron chi connectivity index (χ0n) is 17.3. The molecule has 1 amide bonds. The maximum absolute atomic E-state index is 10.6. The molecule has 0 spiro atoms. The van der Waals surface area contributed by atoms with E-state index in [0.29, 0.717) is 11.1 Å². The molecule has 4 rings (SSSR count). The van der Waals surface area contributed by atoms with E-state index < -0.39 is 43.2 Å². The number of hydrogen-bond donors (Lipinski definition) is 6. The molecule has 33 heavy (non-hydrogen) atoms. The normalized spacial score (nSPS) is 25.0. The van der Waals surface area contributed by atoms with E-state index in [1.807, 2.05) is 18.2 Å². The van der Waals surface area contributed by atoms with Gasteiger partial charge >= 0.3 is 6.09 Å². The number of amides is 1. The number of aromatic nitrogens is 2. The van der Waals surface area contributed by atoms with Crippen LogP contribution in [0, 0.1) is 0 Å². The smallest absolute Gasteiger partial charge is 0.405 e. The molecule has 1 aliphatic heterocycles. The van der Waals surface area contributed by atoms with Gasteiger partial charge in [0.25, 0.3) is 0 Å². The van der Waals surface area contributed by atoms with Gasteiger partial charge in [-0.1, -0.05) is 30.3 Å². The Labute approximate surface area is 187 Å². The number of benzene rings is 2. The van der Waals surface area contributed by atoms with Crippen molar-refractivity contribution >= 4 is 6.09 Å². The molecule has 1 fully saturated rings. The van der Waals surface area contributed by atoms with Crippen LogP contribution in [0.2, 0.25) is 0 Å². The fourth-order valence-corrected chi connectivity index (χ4v) is 3.67. The van der Waals surface area contributed by atoms with E-state index in [1.165, 1.54) is 0 Å². The van der Waals surface area contributed by atoms with Crippen molar-refractivity contribution in [3.05, 3.63) is 60.0 Å². The summed E-state index contributed by atoms with van der Waals surface area (Å²) in [5, 5.41) is 58.4. The van der Waals surface area contributed by atoms with Crippen LogP contribution in [0.1, 0.15) is 17.6 Å². The van der Waals surface area contributed by atoms with E-state index in [9.17, 15) is 25.2 Å². The zero-order valence-corrected chi connectivity index (χ0v) is 17.3. The van der Waals surface area contributed by atoms with Crippen LogP contribution in [0.25, 0.3) is 22.6 Å². The lowest BCUT2D eigenvalue weighted by atomic mass is 9.90. The van der Waals surface area contributed by atoms with Crippen LogP contribution in [-0.2, 0) is 11.3 Å². The Morgan fingerprint density at radius 2 is 1.67 bits per heavy atom. The quantitative estimate of drug-likeness (QED) is 0.308. The van der Waals surface area contributed by atoms with Crippen LogP contribution in [0.15, 0.2) is 52.9 Å². The Kier molecular flexibility index (Phi) is 6.67. The van der Waals surface area contributed by atoms with E-state index in [-0.39, 0.29) is 18.3 Å². The average molecular weight is 457 g/mol. The number of aliphatic hydroxyl groups excluding tert-OH is 4. The lowest BCUT2D eigenvalue weighted by molar-refractivity contribution is -0.231. The van der Waals surface area contributed by atoms with Crippen LogP contribution >= 0.6 is 0 Å². The SMILES string of the molecule is O=C(O)NCc1nnc(-c2ccc(-c3cccc([C@H]4O[C@H](CO)[C@@H](O)[C@H](O)[C@H]4O)c3)cc2)o1. The highest BCUT2D eigenvalue weighted by atomic mass is 16.5. The summed E-state index contributed by atoms with van der Waals surface area (Å²) in [6, 6.07) is 14.4. The van der Waals surface area contributed by atoms with Crippen LogP contribution in [0.4, 0.5) is 4.79 Å². The maximum Gasteiger partial charge on any atom is 0.405 e. The van der Waals surface area contributed by atoms with Crippen LogP contribution < -0.4 is 5.32 Å². The van der Waals surface area contributed by atoms with E-state index in [1.54, 1.807) is 30.3 Å². The number of rotatable bonds is 6. The predicted octanol–water partition coefficient (Wildman–Crippen LogP) is 0.686. The Hall–Kier alpha value is -3.35. The van der Waals surface area contributed by atoms with Gasteiger partial charge in [0, 0.05) is 5.56 Å². The van der Waals surface area contributed by atoms with E-state index in [2.05, 4.69) is 15.5 Å². The largest absolute Gasteiger partial charge is 0.465 e. The molecule has 2 heterocycles. The van der Waals surface area contributed by atoms with Gasteiger partial charge in [0.15, 0.2) is 0 Å². The summed E-state index contributed by atoms with van der Waals surface area (Å²) in [6.45, 7) is -0.586. The molecule has 6 N–H and O–H groups in total. The Morgan fingerprint density at radius 1 is 0.939 bits per heavy atom. The minimum atomic E-state index is -1.45. The molecule has 0 radical (unpaired) electrons. The Morgan fingerprint density at radius 3 is 2.36 bits per heavy atom. The van der Waals surface area contributed by atoms with Crippen molar-refractivity contribution in [2.75, 3.05) is 6.61 Å². The molecule has 0 bridgehead atoms. The van der Waals surface area contributed by atoms with Gasteiger partial charge in [-0.15, -0.1) is 10.2 Å². The number of carboxylic acid groups (broad SMARTS) is 1. The second kappa shape index (κ2) is 9.65. The van der Waals surface area contributed by atoms with Crippen molar-refractivity contribution in [1.82, 2.24) is 15.5 Å². The lowest BCUT2D eigenvalue weighted by Crippen LogP contribution is -2.55. The first kappa shape index (κ1) is 22.8. The number of ether oxygens (including phenoxy) is 1. The van der Waals surface area contributed by atoms with Crippen LogP contribution in [0.5, 0.6) is 0 Å². The molecule has 0 unspecified atom stereocenters. The molecule has 5 atom stereocenters. The third-order valence-electron chi connectivity index (χ3n) is 5.43. The minimum Gasteiger partial charge on any atom is -0.465 e. The topological polar surface area (TPSA) is 178 Å². The van der Waals surface area contributed by atoms with Gasteiger partial charge in [0.05, 0.1) is 13.2 Å². The van der Waals surface area contributed by atoms with Gasteiger partial charge in [0.1, 0.15) is 30.5 Å². The van der Waals surface area contributed by atoms with Crippen molar-refractivity contribution in [2.45, 2.75) is 37.1 Å². The van der Waals surface area contributed by atoms with Gasteiger partial charge in [-0.05, 0) is 34.9 Å². The Bertz CT molecular complexity index is 1100. The summed E-state index contributed by atoms with van der Waals surface area (Å²) < 4.78 is 11.1. The molecular formula is C22H23N3O8. The molecule has 0 saturated carbocycles. The molecule has 3 aromatic rings. The number of hydrogen-bond acceptors (Lipinski definition) is 9. The standard InChI is InChI=1S/C22H23N3O8/c26-10-15-17(27)18(28)19(29)20(32-15)14-3-1-2-13(8-14)11-4-6-12(7-5-11)21-25-24-16(33-21)9-23-22(30)31/h1-8,15,17-20,23,26-29H,9-10H2,(H,30,31)/t15-,17-,18+,19-,20-/m1/s1. The van der Waals surface area contributed by atoms with Gasteiger partial charge in [-0.3, -0.25) is 0 Å². The zero-order chi connectivity index (χ0) is 23.5. The van der Waals surface area contributed by atoms with Gasteiger partial charge in [0.2, 0.25) is 11.8 Å². The summed E-state index contributed by atoms with van der Waals surface area (Å²) in [7, 11) is 0. The van der Waals surface area contributed by atoms with Crippen molar-refractivity contribution in [1.29, 1.82) is 0 Å². The molecule has 2 aromatic carbocycles. The van der Waals surface area contributed by atoms with E-state index in [0.717, 1.165) is 11.1 Å². The third kappa shape index (κ3) is 4.87. The second-order valence-electron chi connectivity index (χ2n) is 7.61. The van der Waals surface area contributed by atoms with Gasteiger partial charge < -0.3 is 40.0 Å². The third-order valence-corrected chi connectivity index (χ3v) is 5.43. The highest BCUT2D eigenvalue weighted by molar-refractivity contribution is 5.68. The van der Waals surface area contributed by atoms with Crippen LogP contribution in [0.3, 0.4) is 0 Å². The predicted molar refractivity (Wildman–Crippen MR) is 113 cm³/mol. The summed E-state index contributed by atoms with van der Waals surface area (Å²) in [6.07, 6.45) is -7.32. The second-order valence-corrected chi connectivity index (χ2v) is 7.61. The number of nitrogens with one attached hydrogen (secondary N) is 1. The summed E-state index contributed by atoms with van der Waals surface area (Å²) in [5.41, 5.74) is 2.89. The molecule has 1 aromatic heterocycles. The van der Waals surface area contributed by atoms with Crippen molar-refractivity contribution < 1.29 is 39.5 Å².